The summed E-state index contributed by atoms with van der Waals surface area (Å²) in [6.45, 7) is 4.72. The fourth-order valence-corrected chi connectivity index (χ4v) is 2.96. The largest absolute Gasteiger partial charge is 0.352 e. The highest BCUT2D eigenvalue weighted by molar-refractivity contribution is 5.78. The Morgan fingerprint density at radius 3 is 2.61 bits per heavy atom. The zero-order chi connectivity index (χ0) is 12.6. The van der Waals surface area contributed by atoms with Crippen LogP contribution < -0.4 is 10.6 Å². The Morgan fingerprint density at radius 1 is 1.06 bits per heavy atom. The van der Waals surface area contributed by atoms with Gasteiger partial charge in [0.25, 0.3) is 0 Å². The summed E-state index contributed by atoms with van der Waals surface area (Å²) in [6.07, 6.45) is 8.72. The van der Waals surface area contributed by atoms with E-state index in [9.17, 15) is 4.79 Å². The molecule has 1 saturated heterocycles. The second-order valence-corrected chi connectivity index (χ2v) is 5.64. The fraction of sp³-hybridized carbons (Fsp3) is 0.929. The first-order valence-electron chi connectivity index (χ1n) is 7.57. The van der Waals surface area contributed by atoms with E-state index in [-0.39, 0.29) is 5.91 Å². The lowest BCUT2D eigenvalue weighted by Crippen LogP contribution is -2.42. The van der Waals surface area contributed by atoms with Gasteiger partial charge in [-0.25, -0.2) is 0 Å². The van der Waals surface area contributed by atoms with Crippen LogP contribution in [0, 0.1) is 0 Å². The van der Waals surface area contributed by atoms with Gasteiger partial charge >= 0.3 is 0 Å². The molecule has 0 aromatic carbocycles. The Morgan fingerprint density at radius 2 is 1.83 bits per heavy atom. The van der Waals surface area contributed by atoms with E-state index in [0.717, 1.165) is 32.6 Å². The van der Waals surface area contributed by atoms with Crippen LogP contribution >= 0.6 is 0 Å². The van der Waals surface area contributed by atoms with Crippen molar-refractivity contribution < 1.29 is 4.79 Å². The summed E-state index contributed by atoms with van der Waals surface area (Å²) in [5.41, 5.74) is 0. The summed E-state index contributed by atoms with van der Waals surface area (Å²) in [7, 11) is 0. The minimum atomic E-state index is 0.226. The highest BCUT2D eigenvalue weighted by Gasteiger charge is 2.17. The Hall–Kier alpha value is -0.610. The Bertz CT molecular complexity index is 217. The predicted octanol–water partition coefficient (Wildman–Crippen LogP) is 1.12. The lowest BCUT2D eigenvalue weighted by Gasteiger charge is -2.21. The van der Waals surface area contributed by atoms with Crippen LogP contribution in [0.15, 0.2) is 0 Å². The maximum Gasteiger partial charge on any atom is 0.234 e. The zero-order valence-electron chi connectivity index (χ0n) is 11.4. The van der Waals surface area contributed by atoms with E-state index in [4.69, 9.17) is 0 Å². The SMILES string of the molecule is O=C(CN1CCCNCC1)NC1CCCCCC1. The predicted molar refractivity (Wildman–Crippen MR) is 73.6 cm³/mol. The number of carbonyl (C=O) groups is 1. The number of amides is 1. The molecule has 104 valence electrons. The molecule has 4 nitrogen and oxygen atoms in total. The smallest absolute Gasteiger partial charge is 0.234 e. The van der Waals surface area contributed by atoms with Gasteiger partial charge < -0.3 is 10.6 Å². The topological polar surface area (TPSA) is 44.4 Å². The average Bonchev–Trinajstić information content (AvgIpc) is 2.74. The summed E-state index contributed by atoms with van der Waals surface area (Å²) < 4.78 is 0. The quantitative estimate of drug-likeness (QED) is 0.741. The summed E-state index contributed by atoms with van der Waals surface area (Å²) in [5, 5.41) is 6.59. The van der Waals surface area contributed by atoms with Gasteiger partial charge in [-0.3, -0.25) is 9.69 Å². The molecule has 0 unspecified atom stereocenters. The van der Waals surface area contributed by atoms with E-state index < -0.39 is 0 Å². The van der Waals surface area contributed by atoms with E-state index >= 15 is 0 Å². The molecule has 2 aliphatic rings. The molecular formula is C14H27N3O. The van der Waals surface area contributed by atoms with Crippen molar-refractivity contribution in [1.82, 2.24) is 15.5 Å². The van der Waals surface area contributed by atoms with Crippen LogP contribution in [0.4, 0.5) is 0 Å². The van der Waals surface area contributed by atoms with Gasteiger partial charge in [-0.15, -0.1) is 0 Å². The van der Waals surface area contributed by atoms with Gasteiger partial charge in [0.1, 0.15) is 0 Å². The van der Waals surface area contributed by atoms with Crippen molar-refractivity contribution in [2.45, 2.75) is 51.0 Å². The number of hydrogen-bond donors (Lipinski definition) is 2. The lowest BCUT2D eigenvalue weighted by atomic mass is 10.1. The monoisotopic (exact) mass is 253 g/mol. The molecule has 0 spiro atoms. The van der Waals surface area contributed by atoms with E-state index in [1.54, 1.807) is 0 Å². The van der Waals surface area contributed by atoms with Crippen LogP contribution in [-0.4, -0.2) is 49.6 Å². The van der Waals surface area contributed by atoms with Crippen molar-refractivity contribution in [3.63, 3.8) is 0 Å². The first-order valence-corrected chi connectivity index (χ1v) is 7.57. The standard InChI is InChI=1S/C14H27N3O/c18-14(12-17-10-5-8-15-9-11-17)16-13-6-3-1-2-4-7-13/h13,15H,1-12H2,(H,16,18). The van der Waals surface area contributed by atoms with Gasteiger partial charge in [0.2, 0.25) is 5.91 Å². The second kappa shape index (κ2) is 7.74. The number of nitrogens with one attached hydrogen (secondary N) is 2. The van der Waals surface area contributed by atoms with Crippen LogP contribution in [0.25, 0.3) is 0 Å². The minimum Gasteiger partial charge on any atom is -0.352 e. The number of rotatable bonds is 3. The van der Waals surface area contributed by atoms with Gasteiger partial charge in [0, 0.05) is 19.1 Å². The highest BCUT2D eigenvalue weighted by Crippen LogP contribution is 2.17. The van der Waals surface area contributed by atoms with Crippen molar-refractivity contribution in [1.29, 1.82) is 0 Å². The molecular weight excluding hydrogens is 226 g/mol. The van der Waals surface area contributed by atoms with Crippen LogP contribution in [0.2, 0.25) is 0 Å². The molecule has 2 N–H and O–H groups in total. The Kier molecular flexibility index (Phi) is 5.94. The molecule has 1 aliphatic carbocycles. The van der Waals surface area contributed by atoms with Crippen molar-refractivity contribution >= 4 is 5.91 Å². The van der Waals surface area contributed by atoms with Gasteiger partial charge in [-0.1, -0.05) is 25.7 Å². The van der Waals surface area contributed by atoms with Crippen LogP contribution in [0.5, 0.6) is 0 Å². The van der Waals surface area contributed by atoms with Crippen LogP contribution in [-0.2, 0) is 4.79 Å². The molecule has 1 saturated carbocycles. The molecule has 18 heavy (non-hydrogen) atoms. The van der Waals surface area contributed by atoms with Gasteiger partial charge in [0.05, 0.1) is 6.54 Å². The summed E-state index contributed by atoms with van der Waals surface area (Å²) >= 11 is 0. The average molecular weight is 253 g/mol. The lowest BCUT2D eigenvalue weighted by molar-refractivity contribution is -0.123. The molecule has 1 aliphatic heterocycles. The van der Waals surface area contributed by atoms with Gasteiger partial charge in [-0.2, -0.15) is 0 Å². The number of hydrogen-bond acceptors (Lipinski definition) is 3. The van der Waals surface area contributed by atoms with Gasteiger partial charge in [0.15, 0.2) is 0 Å². The zero-order valence-corrected chi connectivity index (χ0v) is 11.4. The van der Waals surface area contributed by atoms with Gasteiger partial charge in [-0.05, 0) is 32.4 Å². The first kappa shape index (κ1) is 13.8. The van der Waals surface area contributed by atoms with Crippen LogP contribution in [0.3, 0.4) is 0 Å². The molecule has 0 aromatic heterocycles. The third-order valence-corrected chi connectivity index (χ3v) is 4.02. The molecule has 1 amide bonds. The maximum atomic E-state index is 12.0. The minimum absolute atomic E-state index is 0.226. The molecule has 4 heteroatoms. The molecule has 1 heterocycles. The molecule has 0 radical (unpaired) electrons. The summed E-state index contributed by atoms with van der Waals surface area (Å²) in [5.74, 6) is 0.226. The fourth-order valence-electron chi connectivity index (χ4n) is 2.96. The second-order valence-electron chi connectivity index (χ2n) is 5.64. The van der Waals surface area contributed by atoms with Crippen molar-refractivity contribution in [3.8, 4) is 0 Å². The Balaban J connectivity index is 1.69. The van der Waals surface area contributed by atoms with Crippen molar-refractivity contribution in [2.24, 2.45) is 0 Å². The molecule has 0 aromatic rings. The Labute approximate surface area is 110 Å². The van der Waals surface area contributed by atoms with E-state index in [0.29, 0.717) is 12.6 Å². The normalized spacial score (nSPS) is 24.2. The summed E-state index contributed by atoms with van der Waals surface area (Å²) in [4.78, 5) is 14.3. The van der Waals surface area contributed by atoms with Crippen molar-refractivity contribution in [3.05, 3.63) is 0 Å². The molecule has 0 bridgehead atoms. The third-order valence-electron chi connectivity index (χ3n) is 4.02. The first-order chi connectivity index (χ1) is 8.84. The maximum absolute atomic E-state index is 12.0. The third kappa shape index (κ3) is 4.94. The number of carbonyl (C=O) groups excluding carboxylic acids is 1. The highest BCUT2D eigenvalue weighted by atomic mass is 16.2. The van der Waals surface area contributed by atoms with E-state index in [1.165, 1.54) is 38.5 Å². The molecule has 2 fully saturated rings. The van der Waals surface area contributed by atoms with Crippen molar-refractivity contribution in [2.75, 3.05) is 32.7 Å². The van der Waals surface area contributed by atoms with E-state index in [2.05, 4.69) is 15.5 Å². The number of nitrogens with zero attached hydrogens (tertiary/aromatic N) is 1. The molecule has 2 rings (SSSR count). The van der Waals surface area contributed by atoms with E-state index in [1.807, 2.05) is 0 Å². The van der Waals surface area contributed by atoms with Crippen LogP contribution in [0.1, 0.15) is 44.9 Å². The molecule has 0 atom stereocenters. The summed E-state index contributed by atoms with van der Waals surface area (Å²) in [6, 6.07) is 0.435.